The number of hydrogen-bond acceptors (Lipinski definition) is 5. The number of unbranched alkanes of at least 4 members (excludes halogenated alkanes) is 1. The standard InChI is InChI=1S/C21H29IN4O2Si/c1-21(2,3)29(4,5)28-13-7-6-8-17(27)26-12-11-14-16(26)10-9-15-18(14)19(23)25-20(22)24-15/h9-12H,6-8,13H2,1-5H3,(H2,23,24,25). The summed E-state index contributed by atoms with van der Waals surface area (Å²) in [4.78, 5) is 21.5. The van der Waals surface area contributed by atoms with Crippen LogP contribution in [0.4, 0.5) is 5.82 Å². The van der Waals surface area contributed by atoms with Crippen molar-refractivity contribution in [3.63, 3.8) is 0 Å². The molecule has 6 nitrogen and oxygen atoms in total. The zero-order valence-corrected chi connectivity index (χ0v) is 20.9. The number of nitrogens with zero attached hydrogens (tertiary/aromatic N) is 3. The van der Waals surface area contributed by atoms with Crippen LogP contribution in [0.5, 0.6) is 0 Å². The van der Waals surface area contributed by atoms with Crippen molar-refractivity contribution in [2.24, 2.45) is 0 Å². The summed E-state index contributed by atoms with van der Waals surface area (Å²) in [5.74, 6) is 0.523. The van der Waals surface area contributed by atoms with Crippen molar-refractivity contribution in [1.29, 1.82) is 0 Å². The van der Waals surface area contributed by atoms with Crippen LogP contribution in [-0.4, -0.2) is 35.4 Å². The van der Waals surface area contributed by atoms with Gasteiger partial charge in [-0.2, -0.15) is 0 Å². The van der Waals surface area contributed by atoms with Gasteiger partial charge in [0.05, 0.1) is 16.4 Å². The summed E-state index contributed by atoms with van der Waals surface area (Å²) in [7, 11) is -1.72. The van der Waals surface area contributed by atoms with E-state index in [0.717, 1.165) is 34.6 Å². The van der Waals surface area contributed by atoms with Crippen molar-refractivity contribution >= 4 is 64.4 Å². The molecule has 3 rings (SSSR count). The summed E-state index contributed by atoms with van der Waals surface area (Å²) >= 11 is 2.05. The van der Waals surface area contributed by atoms with Gasteiger partial charge in [0.2, 0.25) is 5.91 Å². The molecule has 0 spiro atoms. The zero-order chi connectivity index (χ0) is 21.4. The number of anilines is 1. The van der Waals surface area contributed by atoms with Crippen molar-refractivity contribution in [3.05, 3.63) is 28.2 Å². The molecule has 2 heterocycles. The second-order valence-corrected chi connectivity index (χ2v) is 14.7. The van der Waals surface area contributed by atoms with Crippen LogP contribution in [0.3, 0.4) is 0 Å². The van der Waals surface area contributed by atoms with Gasteiger partial charge in [-0.3, -0.25) is 9.36 Å². The molecular weight excluding hydrogens is 495 g/mol. The van der Waals surface area contributed by atoms with E-state index in [2.05, 4.69) is 66.4 Å². The van der Waals surface area contributed by atoms with E-state index in [1.54, 1.807) is 4.57 Å². The molecule has 0 aliphatic heterocycles. The van der Waals surface area contributed by atoms with E-state index < -0.39 is 8.32 Å². The maximum Gasteiger partial charge on any atom is 0.231 e. The first-order valence-corrected chi connectivity index (χ1v) is 13.9. The average Bonchev–Trinajstić information content (AvgIpc) is 3.03. The normalized spacial score (nSPS) is 12.8. The van der Waals surface area contributed by atoms with Crippen molar-refractivity contribution < 1.29 is 9.22 Å². The fourth-order valence-corrected chi connectivity index (χ4v) is 4.71. The van der Waals surface area contributed by atoms with Gasteiger partial charge in [-0.15, -0.1) is 0 Å². The first-order chi connectivity index (χ1) is 13.5. The second-order valence-electron chi connectivity index (χ2n) is 8.92. The van der Waals surface area contributed by atoms with E-state index in [0.29, 0.717) is 22.7 Å². The molecule has 0 unspecified atom stereocenters. The molecule has 2 N–H and O–H groups in total. The summed E-state index contributed by atoms with van der Waals surface area (Å²) in [6, 6.07) is 5.75. The molecule has 156 valence electrons. The smallest absolute Gasteiger partial charge is 0.231 e. The topological polar surface area (TPSA) is 83.0 Å². The van der Waals surface area contributed by atoms with Gasteiger partial charge in [-0.25, -0.2) is 9.97 Å². The number of carbonyl (C=O) groups excluding carboxylic acids is 1. The third-order valence-corrected chi connectivity index (χ3v) is 10.9. The summed E-state index contributed by atoms with van der Waals surface area (Å²) in [6.07, 6.45) is 4.00. The summed E-state index contributed by atoms with van der Waals surface area (Å²) in [5, 5.41) is 1.92. The van der Waals surface area contributed by atoms with E-state index >= 15 is 0 Å². The highest BCUT2D eigenvalue weighted by Gasteiger charge is 2.36. The van der Waals surface area contributed by atoms with Crippen LogP contribution in [0.1, 0.15) is 44.8 Å². The Bertz CT molecular complexity index is 1060. The van der Waals surface area contributed by atoms with Gasteiger partial charge in [0.25, 0.3) is 0 Å². The predicted molar refractivity (Wildman–Crippen MR) is 130 cm³/mol. The van der Waals surface area contributed by atoms with E-state index in [-0.39, 0.29) is 10.9 Å². The minimum atomic E-state index is -1.72. The number of fused-ring (bicyclic) bond motifs is 3. The molecule has 0 aliphatic rings. The van der Waals surface area contributed by atoms with Gasteiger partial charge < -0.3 is 10.2 Å². The molecule has 1 aromatic carbocycles. The molecule has 3 aromatic rings. The van der Waals surface area contributed by atoms with Crippen molar-refractivity contribution in [1.82, 2.24) is 14.5 Å². The third kappa shape index (κ3) is 4.64. The number of aromatic nitrogens is 3. The van der Waals surface area contributed by atoms with Crippen molar-refractivity contribution in [2.45, 2.75) is 58.2 Å². The molecule has 2 aromatic heterocycles. The largest absolute Gasteiger partial charge is 0.417 e. The van der Waals surface area contributed by atoms with E-state index in [1.165, 1.54) is 0 Å². The van der Waals surface area contributed by atoms with E-state index in [1.807, 2.05) is 24.4 Å². The Morgan fingerprint density at radius 3 is 2.62 bits per heavy atom. The number of benzene rings is 1. The Hall–Kier alpha value is -1.52. The lowest BCUT2D eigenvalue weighted by Crippen LogP contribution is -2.40. The highest BCUT2D eigenvalue weighted by Crippen LogP contribution is 2.36. The lowest BCUT2D eigenvalue weighted by molar-refractivity contribution is 0.0903. The number of nitrogen functional groups attached to an aromatic ring is 1. The van der Waals surface area contributed by atoms with Gasteiger partial charge in [0.1, 0.15) is 5.82 Å². The summed E-state index contributed by atoms with van der Waals surface area (Å²) < 4.78 is 8.52. The molecule has 29 heavy (non-hydrogen) atoms. The van der Waals surface area contributed by atoms with Gasteiger partial charge in [-0.05, 0) is 49.2 Å². The zero-order valence-electron chi connectivity index (χ0n) is 17.8. The maximum atomic E-state index is 12.8. The molecule has 0 aliphatic carbocycles. The molecule has 8 heteroatoms. The molecule has 0 atom stereocenters. The first kappa shape index (κ1) is 22.2. The Kier molecular flexibility index (Phi) is 6.35. The van der Waals surface area contributed by atoms with Crippen LogP contribution in [0.25, 0.3) is 21.8 Å². The second kappa shape index (κ2) is 8.31. The lowest BCUT2D eigenvalue weighted by atomic mass is 10.1. The monoisotopic (exact) mass is 524 g/mol. The molecule has 0 saturated heterocycles. The maximum absolute atomic E-state index is 12.8. The highest BCUT2D eigenvalue weighted by molar-refractivity contribution is 14.1. The summed E-state index contributed by atoms with van der Waals surface area (Å²) in [6.45, 7) is 11.9. The predicted octanol–water partition coefficient (Wildman–Crippen LogP) is 5.60. The Morgan fingerprint density at radius 1 is 1.21 bits per heavy atom. The van der Waals surface area contributed by atoms with Gasteiger partial charge >= 0.3 is 0 Å². The molecule has 0 bridgehead atoms. The number of hydrogen-bond donors (Lipinski definition) is 1. The van der Waals surface area contributed by atoms with Crippen LogP contribution < -0.4 is 5.73 Å². The summed E-state index contributed by atoms with van der Waals surface area (Å²) in [5.41, 5.74) is 7.76. The van der Waals surface area contributed by atoms with Crippen molar-refractivity contribution in [3.8, 4) is 0 Å². The van der Waals surface area contributed by atoms with Crippen molar-refractivity contribution in [2.75, 3.05) is 12.3 Å². The molecule has 0 fully saturated rings. The molecule has 0 saturated carbocycles. The van der Waals surface area contributed by atoms with Gasteiger partial charge in [0.15, 0.2) is 12.1 Å². The molecular formula is C21H29IN4O2Si. The number of halogens is 1. The van der Waals surface area contributed by atoms with Gasteiger partial charge in [0, 0.05) is 47.2 Å². The van der Waals surface area contributed by atoms with Crippen LogP contribution in [-0.2, 0) is 4.43 Å². The quantitative estimate of drug-likeness (QED) is 0.196. The Labute approximate surface area is 186 Å². The van der Waals surface area contributed by atoms with Crippen LogP contribution in [0.15, 0.2) is 24.4 Å². The fourth-order valence-electron chi connectivity index (χ4n) is 3.11. The Balaban J connectivity index is 1.67. The average molecular weight is 524 g/mol. The lowest BCUT2D eigenvalue weighted by Gasteiger charge is -2.36. The third-order valence-electron chi connectivity index (χ3n) is 5.85. The highest BCUT2D eigenvalue weighted by atomic mass is 127. The SMILES string of the molecule is CC(C)(C)[Si](C)(C)OCCCCC(=O)n1ccc2c3c(N)nc(I)nc3ccc21. The van der Waals surface area contributed by atoms with E-state index in [9.17, 15) is 4.79 Å². The minimum absolute atomic E-state index is 0.0803. The fraction of sp³-hybridized carbons (Fsp3) is 0.476. The number of nitrogens with two attached hydrogens (primary N) is 1. The molecule has 0 amide bonds. The van der Waals surface area contributed by atoms with Crippen LogP contribution in [0, 0.1) is 3.83 Å². The van der Waals surface area contributed by atoms with Crippen LogP contribution in [0.2, 0.25) is 18.1 Å². The van der Waals surface area contributed by atoms with E-state index in [4.69, 9.17) is 10.2 Å². The van der Waals surface area contributed by atoms with Crippen LogP contribution >= 0.6 is 22.6 Å². The first-order valence-electron chi connectivity index (χ1n) is 9.91. The molecule has 0 radical (unpaired) electrons. The Morgan fingerprint density at radius 2 is 1.93 bits per heavy atom. The van der Waals surface area contributed by atoms with Gasteiger partial charge in [-0.1, -0.05) is 20.8 Å². The number of carbonyl (C=O) groups is 1. The minimum Gasteiger partial charge on any atom is -0.417 e. The number of rotatable bonds is 6.